The number of rotatable bonds is 2. The first kappa shape index (κ1) is 14.9. The number of benzene rings is 3. The number of hydrogen-bond donors (Lipinski definition) is 0. The number of hydrogen-bond acceptors (Lipinski definition) is 1. The van der Waals surface area contributed by atoms with Crippen LogP contribution in [0, 0.1) is 6.92 Å². The zero-order valence-electron chi connectivity index (χ0n) is 14.6. The van der Waals surface area contributed by atoms with E-state index in [-0.39, 0.29) is 0 Å². The quantitative estimate of drug-likeness (QED) is 0.379. The average Bonchev–Trinajstić information content (AvgIpc) is 3.17. The van der Waals surface area contributed by atoms with Crippen molar-refractivity contribution in [3.63, 3.8) is 0 Å². The number of fused-ring (bicyclic) bond motifs is 3. The highest BCUT2D eigenvalue weighted by Crippen LogP contribution is 2.41. The molecule has 0 aliphatic carbocycles. The van der Waals surface area contributed by atoms with E-state index in [2.05, 4.69) is 101 Å². The molecule has 0 atom stereocenters. The Kier molecular flexibility index (Phi) is 3.36. The van der Waals surface area contributed by atoms with Gasteiger partial charge < -0.3 is 0 Å². The largest absolute Gasteiger partial charge is 0.232 e. The zero-order chi connectivity index (χ0) is 17.5. The van der Waals surface area contributed by atoms with Crippen LogP contribution in [0.1, 0.15) is 5.56 Å². The Bertz CT molecular complexity index is 1220. The van der Waals surface area contributed by atoms with Crippen LogP contribution >= 0.6 is 0 Å². The maximum Gasteiger partial charge on any atom is 0.0760 e. The highest BCUT2D eigenvalue weighted by molar-refractivity contribution is 6.08. The number of aryl methyl sites for hydroxylation is 1. The Morgan fingerprint density at radius 2 is 1.31 bits per heavy atom. The van der Waals surface area contributed by atoms with Crippen LogP contribution in [0.15, 0.2) is 91.1 Å². The summed E-state index contributed by atoms with van der Waals surface area (Å²) in [5, 5.41) is 5.87. The van der Waals surface area contributed by atoms with Crippen LogP contribution in [-0.4, -0.2) is 9.61 Å². The van der Waals surface area contributed by atoms with E-state index in [1.165, 1.54) is 38.7 Å². The van der Waals surface area contributed by atoms with Crippen molar-refractivity contribution in [3.05, 3.63) is 96.7 Å². The number of pyridine rings is 1. The first-order valence-corrected chi connectivity index (χ1v) is 8.84. The van der Waals surface area contributed by atoms with Crippen LogP contribution in [0.2, 0.25) is 0 Å². The fraction of sp³-hybridized carbons (Fsp3) is 0.0417. The Hall–Kier alpha value is -3.39. The molecule has 2 heterocycles. The monoisotopic (exact) mass is 334 g/mol. The van der Waals surface area contributed by atoms with Crippen LogP contribution < -0.4 is 0 Å². The predicted molar refractivity (Wildman–Crippen MR) is 108 cm³/mol. The van der Waals surface area contributed by atoms with Crippen LogP contribution in [0.4, 0.5) is 0 Å². The van der Waals surface area contributed by atoms with Gasteiger partial charge in [-0.15, -0.1) is 0 Å². The third-order valence-electron chi connectivity index (χ3n) is 4.99. The summed E-state index contributed by atoms with van der Waals surface area (Å²) in [5.41, 5.74) is 8.47. The molecule has 0 N–H and O–H groups in total. The summed E-state index contributed by atoms with van der Waals surface area (Å²) in [7, 11) is 0. The minimum atomic E-state index is 1.14. The van der Waals surface area contributed by atoms with Gasteiger partial charge in [0.15, 0.2) is 0 Å². The Morgan fingerprint density at radius 1 is 0.654 bits per heavy atom. The van der Waals surface area contributed by atoms with Crippen molar-refractivity contribution in [2.24, 2.45) is 0 Å². The molecule has 26 heavy (non-hydrogen) atoms. The molecular formula is C24H18N2. The molecule has 0 saturated carbocycles. The maximum absolute atomic E-state index is 4.65. The standard InChI is InChI=1S/C24H18N2/c1-17-9-8-14-20-22(18-10-4-2-5-11-18)23(19-12-6-3-7-13-19)21-15-16-25-26(21)24(17)20/h2-16H,1H3. The second kappa shape index (κ2) is 5.85. The molecule has 0 bridgehead atoms. The highest BCUT2D eigenvalue weighted by atomic mass is 15.2. The van der Waals surface area contributed by atoms with Gasteiger partial charge in [0.2, 0.25) is 0 Å². The molecule has 2 heteroatoms. The lowest BCUT2D eigenvalue weighted by Crippen LogP contribution is -1.99. The molecule has 0 saturated heterocycles. The summed E-state index contributed by atoms with van der Waals surface area (Å²) in [5.74, 6) is 0. The predicted octanol–water partition coefficient (Wildman–Crippen LogP) is 6.13. The summed E-state index contributed by atoms with van der Waals surface area (Å²) in [4.78, 5) is 0. The van der Waals surface area contributed by atoms with Gasteiger partial charge in [-0.25, -0.2) is 4.52 Å². The fourth-order valence-electron chi connectivity index (χ4n) is 3.88. The first-order valence-electron chi connectivity index (χ1n) is 8.84. The molecule has 2 aromatic heterocycles. The lowest BCUT2D eigenvalue weighted by atomic mass is 9.90. The SMILES string of the molecule is Cc1cccc2c(-c3ccccc3)c(-c3ccccc3)c3ccnn3c12. The van der Waals surface area contributed by atoms with Gasteiger partial charge in [0.1, 0.15) is 0 Å². The van der Waals surface area contributed by atoms with Gasteiger partial charge in [-0.3, -0.25) is 0 Å². The smallest absolute Gasteiger partial charge is 0.0760 e. The van der Waals surface area contributed by atoms with Gasteiger partial charge in [-0.05, 0) is 29.7 Å². The van der Waals surface area contributed by atoms with Crippen LogP contribution in [0.5, 0.6) is 0 Å². The molecule has 0 unspecified atom stereocenters. The first-order chi connectivity index (χ1) is 12.8. The minimum absolute atomic E-state index is 1.14. The lowest BCUT2D eigenvalue weighted by Gasteiger charge is -2.17. The van der Waals surface area contributed by atoms with Crippen molar-refractivity contribution >= 4 is 16.4 Å². The third-order valence-corrected chi connectivity index (χ3v) is 4.99. The van der Waals surface area contributed by atoms with Crippen molar-refractivity contribution in [2.45, 2.75) is 6.92 Å². The molecule has 3 aromatic carbocycles. The average molecular weight is 334 g/mol. The van der Waals surface area contributed by atoms with Crippen LogP contribution in [0.25, 0.3) is 38.7 Å². The minimum Gasteiger partial charge on any atom is -0.232 e. The molecule has 5 aromatic rings. The maximum atomic E-state index is 4.65. The summed E-state index contributed by atoms with van der Waals surface area (Å²) in [6.45, 7) is 2.15. The molecular weight excluding hydrogens is 316 g/mol. The van der Waals surface area contributed by atoms with E-state index in [0.717, 1.165) is 5.52 Å². The van der Waals surface area contributed by atoms with Gasteiger partial charge in [0.25, 0.3) is 0 Å². The van der Waals surface area contributed by atoms with E-state index in [1.54, 1.807) is 0 Å². The van der Waals surface area contributed by atoms with Crippen molar-refractivity contribution in [3.8, 4) is 22.3 Å². The number of aromatic nitrogens is 2. The van der Waals surface area contributed by atoms with Crippen LogP contribution in [0.3, 0.4) is 0 Å². The van der Waals surface area contributed by atoms with Gasteiger partial charge in [0, 0.05) is 16.5 Å². The van der Waals surface area contributed by atoms with E-state index in [0.29, 0.717) is 0 Å². The van der Waals surface area contributed by atoms with Crippen molar-refractivity contribution in [2.75, 3.05) is 0 Å². The van der Waals surface area contributed by atoms with E-state index in [1.807, 2.05) is 6.20 Å². The number of nitrogens with zero attached hydrogens (tertiary/aromatic N) is 2. The van der Waals surface area contributed by atoms with E-state index in [9.17, 15) is 0 Å². The topological polar surface area (TPSA) is 17.3 Å². The fourth-order valence-corrected chi connectivity index (χ4v) is 3.88. The Balaban J connectivity index is 2.06. The van der Waals surface area contributed by atoms with Gasteiger partial charge in [0.05, 0.1) is 17.2 Å². The number of para-hydroxylation sites is 1. The lowest BCUT2D eigenvalue weighted by molar-refractivity contribution is 1.000. The van der Waals surface area contributed by atoms with Gasteiger partial charge in [-0.1, -0.05) is 78.9 Å². The van der Waals surface area contributed by atoms with E-state index < -0.39 is 0 Å². The van der Waals surface area contributed by atoms with Crippen molar-refractivity contribution in [1.29, 1.82) is 0 Å². The summed E-state index contributed by atoms with van der Waals surface area (Å²) in [6, 6.07) is 29.9. The Labute approximate surface area is 152 Å². The molecule has 2 nitrogen and oxygen atoms in total. The summed E-state index contributed by atoms with van der Waals surface area (Å²) in [6.07, 6.45) is 1.89. The van der Waals surface area contributed by atoms with Crippen molar-refractivity contribution < 1.29 is 0 Å². The normalized spacial score (nSPS) is 11.3. The molecule has 5 rings (SSSR count). The highest BCUT2D eigenvalue weighted by Gasteiger charge is 2.18. The summed E-state index contributed by atoms with van der Waals surface area (Å²) >= 11 is 0. The molecule has 124 valence electrons. The van der Waals surface area contributed by atoms with Crippen LogP contribution in [-0.2, 0) is 0 Å². The molecule has 0 aliphatic rings. The zero-order valence-corrected chi connectivity index (χ0v) is 14.6. The molecule has 0 amide bonds. The van der Waals surface area contributed by atoms with E-state index in [4.69, 9.17) is 0 Å². The molecule has 0 radical (unpaired) electrons. The van der Waals surface area contributed by atoms with Gasteiger partial charge >= 0.3 is 0 Å². The third kappa shape index (κ3) is 2.16. The molecule has 0 spiro atoms. The van der Waals surface area contributed by atoms with Gasteiger partial charge in [-0.2, -0.15) is 5.10 Å². The van der Waals surface area contributed by atoms with Crippen molar-refractivity contribution in [1.82, 2.24) is 9.61 Å². The Morgan fingerprint density at radius 3 is 2.00 bits per heavy atom. The molecule has 0 aliphatic heterocycles. The summed E-state index contributed by atoms with van der Waals surface area (Å²) < 4.78 is 2.08. The second-order valence-corrected chi connectivity index (χ2v) is 6.58. The second-order valence-electron chi connectivity index (χ2n) is 6.58. The molecule has 0 fully saturated rings. The van der Waals surface area contributed by atoms with E-state index >= 15 is 0 Å².